The Morgan fingerprint density at radius 3 is 2.55 bits per heavy atom. The number of hydrogen-bond acceptors (Lipinski definition) is 5. The van der Waals surface area contributed by atoms with Gasteiger partial charge in [-0.25, -0.2) is 13.8 Å². The van der Waals surface area contributed by atoms with Crippen LogP contribution < -0.4 is 9.47 Å². The molecule has 0 unspecified atom stereocenters. The number of carbonyl (C=O) groups excluding carboxylic acids is 1. The largest absolute Gasteiger partial charge is 0.493 e. The van der Waals surface area contributed by atoms with E-state index in [1.54, 1.807) is 12.0 Å². The Bertz CT molecular complexity index is 1250. The quantitative estimate of drug-likeness (QED) is 0.573. The van der Waals surface area contributed by atoms with Crippen LogP contribution in [0.5, 0.6) is 17.2 Å². The van der Waals surface area contributed by atoms with Crippen LogP contribution in [0.2, 0.25) is 0 Å². The van der Waals surface area contributed by atoms with E-state index in [9.17, 15) is 13.6 Å². The lowest BCUT2D eigenvalue weighted by molar-refractivity contribution is 0.0687. The lowest BCUT2D eigenvalue weighted by Gasteiger charge is -2.36. The molecule has 0 aromatic heterocycles. The fourth-order valence-electron chi connectivity index (χ4n) is 4.07. The van der Waals surface area contributed by atoms with Gasteiger partial charge in [0.25, 0.3) is 5.91 Å². The SMILES string of the molecule is COc1cccc2c1Oc1ccccc1N=C2N1CCN(C(=O)c2ccc(F)cc2F)CC1. The minimum Gasteiger partial charge on any atom is -0.493 e. The maximum Gasteiger partial charge on any atom is 0.256 e. The van der Waals surface area contributed by atoms with E-state index in [1.807, 2.05) is 42.5 Å². The Hall–Kier alpha value is -3.94. The molecule has 33 heavy (non-hydrogen) atoms. The van der Waals surface area contributed by atoms with Gasteiger partial charge in [-0.3, -0.25) is 4.79 Å². The van der Waals surface area contributed by atoms with Crippen LogP contribution in [-0.2, 0) is 0 Å². The molecule has 1 saturated heterocycles. The molecule has 8 heteroatoms. The van der Waals surface area contributed by atoms with Gasteiger partial charge in [-0.05, 0) is 36.4 Å². The number of hydrogen-bond donors (Lipinski definition) is 0. The second-order valence-corrected chi connectivity index (χ2v) is 7.75. The van der Waals surface area contributed by atoms with Gasteiger partial charge >= 0.3 is 0 Å². The number of piperazine rings is 1. The van der Waals surface area contributed by atoms with Crippen molar-refractivity contribution in [2.45, 2.75) is 0 Å². The Labute approximate surface area is 189 Å². The molecule has 2 heterocycles. The third-order valence-electron chi connectivity index (χ3n) is 5.77. The summed E-state index contributed by atoms with van der Waals surface area (Å²) < 4.78 is 39.0. The topological polar surface area (TPSA) is 54.4 Å². The molecule has 0 N–H and O–H groups in total. The Morgan fingerprint density at radius 1 is 1.00 bits per heavy atom. The zero-order valence-corrected chi connectivity index (χ0v) is 17.9. The molecule has 1 fully saturated rings. The first-order valence-corrected chi connectivity index (χ1v) is 10.6. The van der Waals surface area contributed by atoms with E-state index in [0.717, 1.165) is 17.7 Å². The third kappa shape index (κ3) is 3.88. The number of carbonyl (C=O) groups is 1. The molecule has 1 amide bonds. The smallest absolute Gasteiger partial charge is 0.256 e. The van der Waals surface area contributed by atoms with E-state index in [2.05, 4.69) is 4.90 Å². The molecule has 0 saturated carbocycles. The number of methoxy groups -OCH3 is 1. The fourth-order valence-corrected chi connectivity index (χ4v) is 4.07. The number of fused-ring (bicyclic) bond motifs is 2. The predicted molar refractivity (Wildman–Crippen MR) is 120 cm³/mol. The molecule has 3 aromatic carbocycles. The van der Waals surface area contributed by atoms with Crippen molar-refractivity contribution in [3.63, 3.8) is 0 Å². The number of rotatable bonds is 2. The minimum atomic E-state index is -0.856. The van der Waals surface area contributed by atoms with Crippen molar-refractivity contribution in [1.29, 1.82) is 0 Å². The maximum absolute atomic E-state index is 14.1. The summed E-state index contributed by atoms with van der Waals surface area (Å²) in [5, 5.41) is 0. The van der Waals surface area contributed by atoms with Crippen LogP contribution in [-0.4, -0.2) is 54.8 Å². The monoisotopic (exact) mass is 449 g/mol. The van der Waals surface area contributed by atoms with Crippen molar-refractivity contribution >= 4 is 17.4 Å². The minimum absolute atomic E-state index is 0.130. The molecule has 0 bridgehead atoms. The summed E-state index contributed by atoms with van der Waals surface area (Å²) >= 11 is 0. The first-order valence-electron chi connectivity index (χ1n) is 10.6. The van der Waals surface area contributed by atoms with Crippen molar-refractivity contribution in [3.05, 3.63) is 83.4 Å². The zero-order chi connectivity index (χ0) is 22.9. The van der Waals surface area contributed by atoms with E-state index in [-0.39, 0.29) is 5.56 Å². The number of amidine groups is 1. The maximum atomic E-state index is 14.1. The molecule has 0 atom stereocenters. The summed E-state index contributed by atoms with van der Waals surface area (Å²) in [6.45, 7) is 1.73. The average molecular weight is 449 g/mol. The van der Waals surface area contributed by atoms with Crippen LogP contribution in [0.15, 0.2) is 65.7 Å². The van der Waals surface area contributed by atoms with Gasteiger partial charge in [0.2, 0.25) is 0 Å². The van der Waals surface area contributed by atoms with Gasteiger partial charge in [0.1, 0.15) is 23.2 Å². The van der Waals surface area contributed by atoms with Crippen LogP contribution in [0.3, 0.4) is 0 Å². The first-order chi connectivity index (χ1) is 16.0. The molecule has 6 nitrogen and oxygen atoms in total. The Kier molecular flexibility index (Phi) is 5.42. The van der Waals surface area contributed by atoms with E-state index in [4.69, 9.17) is 14.5 Å². The molecule has 168 valence electrons. The number of benzene rings is 3. The lowest BCUT2D eigenvalue weighted by atomic mass is 10.1. The van der Waals surface area contributed by atoms with Crippen molar-refractivity contribution in [1.82, 2.24) is 9.80 Å². The molecular weight excluding hydrogens is 428 g/mol. The van der Waals surface area contributed by atoms with Gasteiger partial charge < -0.3 is 19.3 Å². The summed E-state index contributed by atoms with van der Waals surface area (Å²) in [4.78, 5) is 21.3. The van der Waals surface area contributed by atoms with E-state index >= 15 is 0 Å². The van der Waals surface area contributed by atoms with Crippen molar-refractivity contribution in [3.8, 4) is 17.2 Å². The average Bonchev–Trinajstić information content (AvgIpc) is 3.00. The number of halogens is 2. The normalized spacial score (nSPS) is 15.1. The van der Waals surface area contributed by atoms with Crippen LogP contribution in [0.1, 0.15) is 15.9 Å². The lowest BCUT2D eigenvalue weighted by Crippen LogP contribution is -2.51. The highest BCUT2D eigenvalue weighted by atomic mass is 19.1. The van der Waals surface area contributed by atoms with E-state index in [1.165, 1.54) is 6.07 Å². The summed E-state index contributed by atoms with van der Waals surface area (Å²) in [7, 11) is 1.59. The second-order valence-electron chi connectivity index (χ2n) is 7.75. The van der Waals surface area contributed by atoms with Gasteiger partial charge in [-0.2, -0.15) is 0 Å². The molecule has 0 radical (unpaired) electrons. The number of ether oxygens (including phenoxy) is 2. The van der Waals surface area contributed by atoms with Gasteiger partial charge in [0.05, 0.1) is 18.2 Å². The third-order valence-corrected chi connectivity index (χ3v) is 5.77. The summed E-state index contributed by atoms with van der Waals surface area (Å²) in [5.41, 5.74) is 1.35. The van der Waals surface area contributed by atoms with Gasteiger partial charge in [-0.1, -0.05) is 18.2 Å². The van der Waals surface area contributed by atoms with Crippen molar-refractivity contribution in [2.75, 3.05) is 33.3 Å². The van der Waals surface area contributed by atoms with Gasteiger partial charge in [0.15, 0.2) is 17.2 Å². The van der Waals surface area contributed by atoms with Crippen molar-refractivity contribution < 1.29 is 23.0 Å². The van der Waals surface area contributed by atoms with Gasteiger partial charge in [-0.15, -0.1) is 0 Å². The van der Waals surface area contributed by atoms with Crippen LogP contribution in [0.25, 0.3) is 0 Å². The number of aliphatic imine (C=N–C) groups is 1. The first kappa shape index (κ1) is 20.9. The predicted octanol–water partition coefficient (Wildman–Crippen LogP) is 4.62. The molecular formula is C25H21F2N3O3. The fraction of sp³-hybridized carbons (Fsp3) is 0.200. The summed E-state index contributed by atoms with van der Waals surface area (Å²) in [6.07, 6.45) is 0. The summed E-state index contributed by atoms with van der Waals surface area (Å²) in [5.74, 6) is 0.494. The highest BCUT2D eigenvalue weighted by Gasteiger charge is 2.30. The number of amides is 1. The van der Waals surface area contributed by atoms with E-state index in [0.29, 0.717) is 55.0 Å². The number of nitrogens with zero attached hydrogens (tertiary/aromatic N) is 3. The highest BCUT2D eigenvalue weighted by Crippen LogP contribution is 2.42. The van der Waals surface area contributed by atoms with Crippen LogP contribution in [0, 0.1) is 11.6 Å². The molecule has 2 aliphatic heterocycles. The van der Waals surface area contributed by atoms with E-state index < -0.39 is 17.5 Å². The molecule has 5 rings (SSSR count). The molecule has 0 aliphatic carbocycles. The second kappa shape index (κ2) is 8.54. The summed E-state index contributed by atoms with van der Waals surface area (Å²) in [6, 6.07) is 16.1. The molecule has 3 aromatic rings. The molecule has 0 spiro atoms. The zero-order valence-electron chi connectivity index (χ0n) is 17.9. The van der Waals surface area contributed by atoms with Crippen LogP contribution >= 0.6 is 0 Å². The van der Waals surface area contributed by atoms with Crippen LogP contribution in [0.4, 0.5) is 14.5 Å². The Morgan fingerprint density at radius 2 is 1.79 bits per heavy atom. The van der Waals surface area contributed by atoms with Gasteiger partial charge in [0, 0.05) is 32.2 Å². The van der Waals surface area contributed by atoms with Crippen molar-refractivity contribution in [2.24, 2.45) is 4.99 Å². The number of para-hydroxylation sites is 3. The molecule has 2 aliphatic rings. The highest BCUT2D eigenvalue weighted by molar-refractivity contribution is 6.04. The standard InChI is InChI=1S/C25H21F2N3O3/c1-32-22-8-4-5-18-23(22)33-21-7-3-2-6-20(21)28-24(18)29-11-13-30(14-12-29)25(31)17-10-9-16(26)15-19(17)27/h2-10,15H,11-14H2,1H3. The Balaban J connectivity index is 1.43.